The summed E-state index contributed by atoms with van der Waals surface area (Å²) in [5, 5.41) is 5.82. The first-order valence-corrected chi connectivity index (χ1v) is 6.89. The lowest BCUT2D eigenvalue weighted by molar-refractivity contribution is 0.262. The summed E-state index contributed by atoms with van der Waals surface area (Å²) in [6.07, 6.45) is 1.59. The van der Waals surface area contributed by atoms with Gasteiger partial charge in [0.25, 0.3) is 0 Å². The zero-order chi connectivity index (χ0) is 15.1. The Kier molecular flexibility index (Phi) is 5.15. The molecule has 21 heavy (non-hydrogen) atoms. The topological polar surface area (TPSA) is 89.3 Å². The summed E-state index contributed by atoms with van der Waals surface area (Å²) in [6.45, 7) is 0.290. The number of carbonyl (C=O) groups excluding carboxylic acids is 1. The zero-order valence-corrected chi connectivity index (χ0v) is 12.2. The minimum atomic E-state index is -0.368. The second kappa shape index (κ2) is 7.28. The van der Waals surface area contributed by atoms with Crippen molar-refractivity contribution >= 4 is 28.2 Å². The Bertz CT molecular complexity index is 670. The lowest BCUT2D eigenvalue weighted by atomic mass is 10.3. The molecule has 0 unspecified atom stereocenters. The van der Waals surface area contributed by atoms with Gasteiger partial charge >= 0.3 is 6.03 Å². The van der Waals surface area contributed by atoms with E-state index in [-0.39, 0.29) is 6.03 Å². The number of rotatable bonds is 3. The van der Waals surface area contributed by atoms with E-state index >= 15 is 0 Å². The Morgan fingerprint density at radius 3 is 2.81 bits per heavy atom. The van der Waals surface area contributed by atoms with E-state index < -0.39 is 0 Å². The molecule has 4 N–H and O–H groups in total. The van der Waals surface area contributed by atoms with Crippen LogP contribution in [0.15, 0.2) is 30.5 Å². The number of benzene rings is 1. The highest BCUT2D eigenvalue weighted by Gasteiger charge is 2.06. The number of anilines is 2. The quantitative estimate of drug-likeness (QED) is 0.758. The second-order valence-electron chi connectivity index (χ2n) is 3.84. The minimum Gasteiger partial charge on any atom is -0.497 e. The first-order chi connectivity index (χ1) is 10.2. The number of thiazole rings is 1. The molecule has 1 aromatic heterocycles. The van der Waals surface area contributed by atoms with E-state index in [9.17, 15) is 4.79 Å². The monoisotopic (exact) mass is 302 g/mol. The van der Waals surface area contributed by atoms with Crippen molar-refractivity contribution in [1.82, 2.24) is 4.98 Å². The van der Waals surface area contributed by atoms with Crippen LogP contribution < -0.4 is 21.1 Å². The molecule has 1 aromatic carbocycles. The summed E-state index contributed by atoms with van der Waals surface area (Å²) in [4.78, 5) is 16.6. The van der Waals surface area contributed by atoms with Gasteiger partial charge in [-0.25, -0.2) is 9.78 Å². The molecule has 0 aliphatic carbocycles. The first kappa shape index (κ1) is 14.8. The van der Waals surface area contributed by atoms with Crippen molar-refractivity contribution in [3.05, 3.63) is 35.3 Å². The van der Waals surface area contributed by atoms with Gasteiger partial charge in [-0.2, -0.15) is 0 Å². The summed E-state index contributed by atoms with van der Waals surface area (Å²) in [5.41, 5.74) is 5.95. The number of urea groups is 1. The minimum absolute atomic E-state index is 0.290. The number of aromatic nitrogens is 1. The molecule has 0 bridgehead atoms. The number of methoxy groups -OCH3 is 1. The van der Waals surface area contributed by atoms with Gasteiger partial charge in [0, 0.05) is 5.69 Å². The largest absolute Gasteiger partial charge is 0.497 e. The van der Waals surface area contributed by atoms with Crippen molar-refractivity contribution in [3.63, 3.8) is 0 Å². The van der Waals surface area contributed by atoms with Gasteiger partial charge in [-0.15, -0.1) is 0 Å². The number of ether oxygens (including phenoxy) is 1. The van der Waals surface area contributed by atoms with Gasteiger partial charge in [-0.1, -0.05) is 23.2 Å². The lowest BCUT2D eigenvalue weighted by Gasteiger charge is -2.06. The number of nitrogens with two attached hydrogens (primary N) is 1. The molecule has 6 nitrogen and oxygen atoms in total. The van der Waals surface area contributed by atoms with Gasteiger partial charge in [0.1, 0.15) is 5.75 Å². The summed E-state index contributed by atoms with van der Waals surface area (Å²) >= 11 is 1.29. The molecule has 0 saturated heterocycles. The maximum Gasteiger partial charge on any atom is 0.325 e. The first-order valence-electron chi connectivity index (χ1n) is 6.08. The van der Waals surface area contributed by atoms with E-state index in [1.54, 1.807) is 37.6 Å². The standard InChI is InChI=1S/C14H14N4O2S/c1-20-11-6-4-10(5-7-11)17-13(19)18-14-16-9-12(21-14)3-2-8-15/h4-7,9H,8,15H2,1H3,(H2,16,17,18,19). The van der Waals surface area contributed by atoms with Gasteiger partial charge in [0.2, 0.25) is 0 Å². The molecule has 2 rings (SSSR count). The maximum atomic E-state index is 11.8. The van der Waals surface area contributed by atoms with Crippen molar-refractivity contribution in [2.45, 2.75) is 0 Å². The molecule has 1 heterocycles. The number of nitrogens with zero attached hydrogens (tertiary/aromatic N) is 1. The fourth-order valence-corrected chi connectivity index (χ4v) is 2.15. The fourth-order valence-electron chi connectivity index (χ4n) is 1.46. The van der Waals surface area contributed by atoms with E-state index in [0.29, 0.717) is 17.4 Å². The van der Waals surface area contributed by atoms with Crippen LogP contribution in [-0.4, -0.2) is 24.7 Å². The van der Waals surface area contributed by atoms with Gasteiger partial charge in [0.15, 0.2) is 5.13 Å². The van der Waals surface area contributed by atoms with Gasteiger partial charge in [-0.3, -0.25) is 5.32 Å². The van der Waals surface area contributed by atoms with Crippen LogP contribution in [0.2, 0.25) is 0 Å². The third kappa shape index (κ3) is 4.49. The van der Waals surface area contributed by atoms with Crippen LogP contribution in [0.4, 0.5) is 15.6 Å². The predicted molar refractivity (Wildman–Crippen MR) is 83.7 cm³/mol. The Hall–Kier alpha value is -2.56. The highest BCUT2D eigenvalue weighted by atomic mass is 32.1. The molecule has 2 amide bonds. The number of carbonyl (C=O) groups is 1. The molecule has 0 aliphatic rings. The van der Waals surface area contributed by atoms with Crippen LogP contribution >= 0.6 is 11.3 Å². The van der Waals surface area contributed by atoms with Crippen LogP contribution in [0.25, 0.3) is 0 Å². The highest BCUT2D eigenvalue weighted by Crippen LogP contribution is 2.18. The lowest BCUT2D eigenvalue weighted by Crippen LogP contribution is -2.19. The molecule has 0 spiro atoms. The van der Waals surface area contributed by atoms with E-state index in [1.807, 2.05) is 0 Å². The van der Waals surface area contributed by atoms with Crippen molar-refractivity contribution in [1.29, 1.82) is 0 Å². The molecule has 7 heteroatoms. The van der Waals surface area contributed by atoms with E-state index in [4.69, 9.17) is 10.5 Å². The van der Waals surface area contributed by atoms with Crippen LogP contribution in [0.5, 0.6) is 5.75 Å². The van der Waals surface area contributed by atoms with Gasteiger partial charge in [0.05, 0.1) is 24.7 Å². The second-order valence-corrected chi connectivity index (χ2v) is 4.87. The van der Waals surface area contributed by atoms with Crippen LogP contribution in [0.1, 0.15) is 4.88 Å². The molecule has 0 aliphatic heterocycles. The van der Waals surface area contributed by atoms with Crippen LogP contribution in [0.3, 0.4) is 0 Å². The van der Waals surface area contributed by atoms with Crippen molar-refractivity contribution in [2.24, 2.45) is 5.73 Å². The number of hydrogen-bond donors (Lipinski definition) is 3. The van der Waals surface area contributed by atoms with E-state index in [0.717, 1.165) is 10.6 Å². The average molecular weight is 302 g/mol. The normalized spacial score (nSPS) is 9.43. The predicted octanol–water partition coefficient (Wildman–Crippen LogP) is 2.11. The Labute approximate surface area is 126 Å². The Morgan fingerprint density at radius 2 is 2.14 bits per heavy atom. The third-order valence-electron chi connectivity index (χ3n) is 2.39. The van der Waals surface area contributed by atoms with Gasteiger partial charge < -0.3 is 15.8 Å². The maximum absolute atomic E-state index is 11.8. The number of nitrogens with one attached hydrogen (secondary N) is 2. The van der Waals surface area contributed by atoms with Crippen LogP contribution in [0, 0.1) is 11.8 Å². The third-order valence-corrected chi connectivity index (χ3v) is 3.22. The molecule has 108 valence electrons. The fraction of sp³-hybridized carbons (Fsp3) is 0.143. The average Bonchev–Trinajstić information content (AvgIpc) is 2.93. The molecule has 0 atom stereocenters. The molecular formula is C14H14N4O2S. The van der Waals surface area contributed by atoms with Crippen molar-refractivity contribution < 1.29 is 9.53 Å². The van der Waals surface area contributed by atoms with Gasteiger partial charge in [-0.05, 0) is 24.3 Å². The highest BCUT2D eigenvalue weighted by molar-refractivity contribution is 7.16. The molecular weight excluding hydrogens is 288 g/mol. The summed E-state index contributed by atoms with van der Waals surface area (Å²) < 4.78 is 5.05. The van der Waals surface area contributed by atoms with Crippen molar-refractivity contribution in [2.75, 3.05) is 24.3 Å². The zero-order valence-electron chi connectivity index (χ0n) is 11.3. The summed E-state index contributed by atoms with van der Waals surface area (Å²) in [7, 11) is 1.59. The smallest absolute Gasteiger partial charge is 0.325 e. The number of hydrogen-bond acceptors (Lipinski definition) is 5. The summed E-state index contributed by atoms with van der Waals surface area (Å²) in [6, 6.07) is 6.66. The summed E-state index contributed by atoms with van der Waals surface area (Å²) in [5.74, 6) is 6.31. The SMILES string of the molecule is COc1ccc(NC(=O)Nc2ncc(C#CCN)s2)cc1. The number of amides is 2. The van der Waals surface area contributed by atoms with E-state index in [1.165, 1.54) is 11.3 Å². The van der Waals surface area contributed by atoms with E-state index in [2.05, 4.69) is 27.5 Å². The Balaban J connectivity index is 1.93. The molecule has 0 saturated carbocycles. The van der Waals surface area contributed by atoms with Crippen molar-refractivity contribution in [3.8, 4) is 17.6 Å². The molecule has 0 radical (unpaired) electrons. The molecule has 0 fully saturated rings. The molecule has 2 aromatic rings. The Morgan fingerprint density at radius 1 is 1.38 bits per heavy atom. The van der Waals surface area contributed by atoms with Crippen LogP contribution in [-0.2, 0) is 0 Å².